The fourth-order valence-corrected chi connectivity index (χ4v) is 3.30. The molecule has 1 aliphatic carbocycles. The van der Waals surface area contributed by atoms with Gasteiger partial charge in [-0.05, 0) is 62.9 Å². The molecule has 0 saturated heterocycles. The number of rotatable bonds is 11. The molecule has 5 heteroatoms. The Hall–Kier alpha value is -2.79. The van der Waals surface area contributed by atoms with Gasteiger partial charge in [0.05, 0.1) is 12.2 Å². The predicted molar refractivity (Wildman–Crippen MR) is 117 cm³/mol. The van der Waals surface area contributed by atoms with Gasteiger partial charge in [-0.15, -0.1) is 0 Å². The van der Waals surface area contributed by atoms with Crippen LogP contribution in [0, 0.1) is 0 Å². The van der Waals surface area contributed by atoms with E-state index in [2.05, 4.69) is 16.7 Å². The number of carbonyl (C=O) groups is 1. The second-order valence-corrected chi connectivity index (χ2v) is 7.09. The van der Waals surface area contributed by atoms with Crippen LogP contribution in [0.3, 0.4) is 0 Å². The lowest BCUT2D eigenvalue weighted by molar-refractivity contribution is -0.115. The van der Waals surface area contributed by atoms with E-state index in [1.165, 1.54) is 31.3 Å². The van der Waals surface area contributed by atoms with Crippen molar-refractivity contribution in [2.45, 2.75) is 32.1 Å². The molecule has 0 spiro atoms. The van der Waals surface area contributed by atoms with Gasteiger partial charge >= 0.3 is 0 Å². The first-order valence-corrected chi connectivity index (χ1v) is 10.4. The van der Waals surface area contributed by atoms with Crippen molar-refractivity contribution >= 4 is 11.6 Å². The summed E-state index contributed by atoms with van der Waals surface area (Å²) in [4.78, 5) is 12.3. The van der Waals surface area contributed by atoms with E-state index in [4.69, 9.17) is 9.47 Å². The minimum atomic E-state index is -0.0702. The number of benzene rings is 2. The van der Waals surface area contributed by atoms with Crippen molar-refractivity contribution in [3.8, 4) is 11.5 Å². The molecule has 0 atom stereocenters. The van der Waals surface area contributed by atoms with Gasteiger partial charge in [0.1, 0.15) is 24.7 Å². The second kappa shape index (κ2) is 11.9. The zero-order chi connectivity index (χ0) is 20.2. The van der Waals surface area contributed by atoms with Crippen molar-refractivity contribution in [2.75, 3.05) is 31.6 Å². The van der Waals surface area contributed by atoms with Crippen LogP contribution in [-0.4, -0.2) is 32.2 Å². The first-order valence-electron chi connectivity index (χ1n) is 10.4. The maximum absolute atomic E-state index is 12.3. The topological polar surface area (TPSA) is 59.6 Å². The Balaban J connectivity index is 1.37. The van der Waals surface area contributed by atoms with Crippen LogP contribution >= 0.6 is 0 Å². The molecule has 29 heavy (non-hydrogen) atoms. The van der Waals surface area contributed by atoms with Gasteiger partial charge in [0.25, 0.3) is 0 Å². The molecule has 2 aromatic rings. The number of allylic oxidation sites excluding steroid dienone is 1. The van der Waals surface area contributed by atoms with E-state index < -0.39 is 0 Å². The van der Waals surface area contributed by atoms with Gasteiger partial charge < -0.3 is 20.1 Å². The fraction of sp³-hybridized carbons (Fsp3) is 0.375. The lowest BCUT2D eigenvalue weighted by Gasteiger charge is -2.14. The van der Waals surface area contributed by atoms with E-state index >= 15 is 0 Å². The van der Waals surface area contributed by atoms with Crippen LogP contribution in [0.5, 0.6) is 11.5 Å². The average Bonchev–Trinajstić information content (AvgIpc) is 2.77. The van der Waals surface area contributed by atoms with Crippen molar-refractivity contribution in [3.05, 3.63) is 66.2 Å². The molecule has 3 rings (SSSR count). The highest BCUT2D eigenvalue weighted by Crippen LogP contribution is 2.23. The Kier molecular flexibility index (Phi) is 8.60. The Morgan fingerprint density at radius 2 is 1.72 bits per heavy atom. The zero-order valence-electron chi connectivity index (χ0n) is 16.9. The molecular weight excluding hydrogens is 364 g/mol. The van der Waals surface area contributed by atoms with Crippen molar-refractivity contribution in [1.29, 1.82) is 0 Å². The lowest BCUT2D eigenvalue weighted by atomic mass is 9.97. The summed E-state index contributed by atoms with van der Waals surface area (Å²) in [5, 5.41) is 6.15. The largest absolute Gasteiger partial charge is 0.490 e. The van der Waals surface area contributed by atoms with Gasteiger partial charge in [0.2, 0.25) is 5.91 Å². The molecule has 0 saturated carbocycles. The third-order valence-corrected chi connectivity index (χ3v) is 4.81. The summed E-state index contributed by atoms with van der Waals surface area (Å²) >= 11 is 0. The number of para-hydroxylation sites is 3. The van der Waals surface area contributed by atoms with Crippen LogP contribution in [0.2, 0.25) is 0 Å². The molecule has 0 radical (unpaired) electrons. The highest BCUT2D eigenvalue weighted by atomic mass is 16.5. The third kappa shape index (κ3) is 7.62. The number of amides is 1. The third-order valence-electron chi connectivity index (χ3n) is 4.81. The second-order valence-electron chi connectivity index (χ2n) is 7.09. The van der Waals surface area contributed by atoms with Crippen LogP contribution in [-0.2, 0) is 4.79 Å². The number of anilines is 1. The highest BCUT2D eigenvalue weighted by Gasteiger charge is 2.08. The van der Waals surface area contributed by atoms with E-state index in [1.807, 2.05) is 54.6 Å². The van der Waals surface area contributed by atoms with Crippen LogP contribution in [0.1, 0.15) is 32.1 Å². The summed E-state index contributed by atoms with van der Waals surface area (Å²) in [6, 6.07) is 17.1. The number of ether oxygens (including phenoxy) is 2. The monoisotopic (exact) mass is 394 g/mol. The zero-order valence-corrected chi connectivity index (χ0v) is 16.9. The van der Waals surface area contributed by atoms with Crippen molar-refractivity contribution in [3.63, 3.8) is 0 Å². The van der Waals surface area contributed by atoms with Gasteiger partial charge in [-0.1, -0.05) is 42.0 Å². The van der Waals surface area contributed by atoms with Gasteiger partial charge in [0, 0.05) is 0 Å². The number of hydrogen-bond acceptors (Lipinski definition) is 4. The van der Waals surface area contributed by atoms with E-state index in [0.717, 1.165) is 18.7 Å². The normalized spacial score (nSPS) is 13.4. The van der Waals surface area contributed by atoms with Crippen LogP contribution < -0.4 is 20.1 Å². The Morgan fingerprint density at radius 1 is 0.931 bits per heavy atom. The average molecular weight is 395 g/mol. The van der Waals surface area contributed by atoms with E-state index in [0.29, 0.717) is 31.2 Å². The molecule has 0 unspecified atom stereocenters. The standard InChI is InChI=1S/C24H30N2O3/c27-24(19-25-16-15-20-9-3-1-4-10-20)26-22-13-7-8-14-23(22)29-18-17-28-21-11-5-2-6-12-21/h2,5-9,11-14,25H,1,3-4,10,15-19H2,(H,26,27). The first kappa shape index (κ1) is 20.9. The molecule has 5 nitrogen and oxygen atoms in total. The van der Waals surface area contributed by atoms with Crippen LogP contribution in [0.4, 0.5) is 5.69 Å². The van der Waals surface area contributed by atoms with E-state index in [-0.39, 0.29) is 5.91 Å². The van der Waals surface area contributed by atoms with E-state index in [9.17, 15) is 4.79 Å². The molecule has 2 N–H and O–H groups in total. The van der Waals surface area contributed by atoms with Gasteiger partial charge in [-0.2, -0.15) is 0 Å². The molecule has 0 heterocycles. The smallest absolute Gasteiger partial charge is 0.238 e. The highest BCUT2D eigenvalue weighted by molar-refractivity contribution is 5.93. The predicted octanol–water partition coefficient (Wildman–Crippen LogP) is 4.56. The van der Waals surface area contributed by atoms with Crippen molar-refractivity contribution < 1.29 is 14.3 Å². The minimum absolute atomic E-state index is 0.0702. The number of hydrogen-bond donors (Lipinski definition) is 2. The minimum Gasteiger partial charge on any atom is -0.490 e. The maximum atomic E-state index is 12.3. The SMILES string of the molecule is O=C(CNCCC1=CCCCC1)Nc1ccccc1OCCOc1ccccc1. The first-order chi connectivity index (χ1) is 14.3. The van der Waals surface area contributed by atoms with Crippen LogP contribution in [0.15, 0.2) is 66.2 Å². The molecule has 154 valence electrons. The molecule has 0 aliphatic heterocycles. The Morgan fingerprint density at radius 3 is 2.55 bits per heavy atom. The Bertz CT molecular complexity index is 790. The van der Waals surface area contributed by atoms with Gasteiger partial charge in [-0.25, -0.2) is 0 Å². The summed E-state index contributed by atoms with van der Waals surface area (Å²) in [6.07, 6.45) is 8.36. The lowest BCUT2D eigenvalue weighted by Crippen LogP contribution is -2.29. The van der Waals surface area contributed by atoms with E-state index in [1.54, 1.807) is 0 Å². The summed E-state index contributed by atoms with van der Waals surface area (Å²) in [7, 11) is 0. The molecule has 0 aromatic heterocycles. The van der Waals surface area contributed by atoms with Crippen molar-refractivity contribution in [1.82, 2.24) is 5.32 Å². The molecule has 1 aliphatic rings. The maximum Gasteiger partial charge on any atom is 0.238 e. The summed E-state index contributed by atoms with van der Waals surface area (Å²) in [5.41, 5.74) is 2.19. The summed E-state index contributed by atoms with van der Waals surface area (Å²) in [5.74, 6) is 1.39. The fourth-order valence-electron chi connectivity index (χ4n) is 3.30. The number of nitrogens with one attached hydrogen (secondary N) is 2. The van der Waals surface area contributed by atoms with Crippen LogP contribution in [0.25, 0.3) is 0 Å². The van der Waals surface area contributed by atoms with Gasteiger partial charge in [-0.3, -0.25) is 4.79 Å². The summed E-state index contributed by atoms with van der Waals surface area (Å²) < 4.78 is 11.4. The molecule has 1 amide bonds. The molecule has 0 fully saturated rings. The van der Waals surface area contributed by atoms with Crippen molar-refractivity contribution in [2.24, 2.45) is 0 Å². The Labute approximate surface area is 173 Å². The van der Waals surface area contributed by atoms with Gasteiger partial charge in [0.15, 0.2) is 0 Å². The number of carbonyl (C=O) groups excluding carboxylic acids is 1. The summed E-state index contributed by atoms with van der Waals surface area (Å²) in [6.45, 7) is 1.95. The molecule has 2 aromatic carbocycles. The quantitative estimate of drug-likeness (QED) is 0.433. The molecular formula is C24H30N2O3. The molecule has 0 bridgehead atoms.